The van der Waals surface area contributed by atoms with Crippen molar-refractivity contribution in [2.75, 3.05) is 0 Å². The number of benzene rings is 1. The van der Waals surface area contributed by atoms with Gasteiger partial charge in [-0.2, -0.15) is 0 Å². The Bertz CT molecular complexity index is 393. The van der Waals surface area contributed by atoms with Crippen molar-refractivity contribution in [3.05, 3.63) is 27.7 Å². The highest BCUT2D eigenvalue weighted by atomic mass is 79.9. The molecule has 0 radical (unpaired) electrons. The topological polar surface area (TPSA) is 46.5 Å². The first-order valence-corrected chi connectivity index (χ1v) is 5.93. The van der Waals surface area contributed by atoms with Gasteiger partial charge in [0.1, 0.15) is 5.75 Å². The first-order chi connectivity index (χ1) is 7.41. The van der Waals surface area contributed by atoms with Crippen molar-refractivity contribution in [1.29, 1.82) is 0 Å². The van der Waals surface area contributed by atoms with Gasteiger partial charge < -0.3 is 9.84 Å². The molecule has 5 heteroatoms. The van der Waals surface area contributed by atoms with Gasteiger partial charge in [0, 0.05) is 10.4 Å². The van der Waals surface area contributed by atoms with Crippen LogP contribution in [0.1, 0.15) is 13.8 Å². The second-order valence-electron chi connectivity index (χ2n) is 3.70. The van der Waals surface area contributed by atoms with Gasteiger partial charge in [-0.15, -0.1) is 0 Å². The Morgan fingerprint density at radius 3 is 2.56 bits per heavy atom. The number of ether oxygens (including phenoxy) is 1. The normalized spacial score (nSPS) is 12.6. The summed E-state index contributed by atoms with van der Waals surface area (Å²) < 4.78 is 6.19. The van der Waals surface area contributed by atoms with E-state index in [4.69, 9.17) is 21.4 Å². The molecule has 16 heavy (non-hydrogen) atoms. The Hall–Kier alpha value is -0.740. The van der Waals surface area contributed by atoms with Crippen LogP contribution in [0.5, 0.6) is 5.75 Å². The zero-order valence-electron chi connectivity index (χ0n) is 8.91. The molecule has 0 amide bonds. The van der Waals surface area contributed by atoms with E-state index in [0.717, 1.165) is 4.47 Å². The molecule has 1 aromatic rings. The van der Waals surface area contributed by atoms with Crippen molar-refractivity contribution in [2.24, 2.45) is 5.92 Å². The molecule has 0 bridgehead atoms. The highest BCUT2D eigenvalue weighted by Crippen LogP contribution is 2.29. The van der Waals surface area contributed by atoms with Crippen LogP contribution >= 0.6 is 27.5 Å². The lowest BCUT2D eigenvalue weighted by Crippen LogP contribution is -2.32. The largest absolute Gasteiger partial charge is 0.478 e. The summed E-state index contributed by atoms with van der Waals surface area (Å²) in [5.74, 6) is -0.739. The number of hydrogen-bond acceptors (Lipinski definition) is 2. The fourth-order valence-corrected chi connectivity index (χ4v) is 1.90. The van der Waals surface area contributed by atoms with Crippen LogP contribution in [0.2, 0.25) is 5.02 Å². The van der Waals surface area contributed by atoms with E-state index >= 15 is 0 Å². The van der Waals surface area contributed by atoms with E-state index in [-0.39, 0.29) is 5.92 Å². The fraction of sp³-hybridized carbons (Fsp3) is 0.364. The molecule has 1 unspecified atom stereocenters. The molecule has 0 aliphatic heterocycles. The Labute approximate surface area is 107 Å². The summed E-state index contributed by atoms with van der Waals surface area (Å²) in [7, 11) is 0. The third kappa shape index (κ3) is 3.39. The lowest BCUT2D eigenvalue weighted by Gasteiger charge is -2.19. The molecule has 1 rings (SSSR count). The average Bonchev–Trinajstić information content (AvgIpc) is 2.15. The maximum Gasteiger partial charge on any atom is 0.345 e. The van der Waals surface area contributed by atoms with Gasteiger partial charge in [0.05, 0.1) is 5.02 Å². The molecule has 0 heterocycles. The van der Waals surface area contributed by atoms with Crippen LogP contribution in [-0.4, -0.2) is 17.2 Å². The molecule has 0 saturated carbocycles. The van der Waals surface area contributed by atoms with Crippen LogP contribution in [0, 0.1) is 5.92 Å². The molecule has 0 saturated heterocycles. The Balaban J connectivity index is 2.90. The minimum atomic E-state index is -0.992. The first-order valence-electron chi connectivity index (χ1n) is 4.76. The quantitative estimate of drug-likeness (QED) is 0.924. The summed E-state index contributed by atoms with van der Waals surface area (Å²) in [6.45, 7) is 3.57. The van der Waals surface area contributed by atoms with Crippen LogP contribution < -0.4 is 4.74 Å². The second-order valence-corrected chi connectivity index (χ2v) is 5.02. The van der Waals surface area contributed by atoms with Gasteiger partial charge in [0.15, 0.2) is 6.10 Å². The van der Waals surface area contributed by atoms with Crippen LogP contribution in [-0.2, 0) is 4.79 Å². The van der Waals surface area contributed by atoms with E-state index < -0.39 is 12.1 Å². The molecule has 0 aromatic heterocycles. The molecular formula is C11H12BrClO3. The number of aliphatic carboxylic acids is 1. The van der Waals surface area contributed by atoms with Crippen molar-refractivity contribution >= 4 is 33.5 Å². The van der Waals surface area contributed by atoms with Crippen molar-refractivity contribution in [1.82, 2.24) is 0 Å². The fourth-order valence-electron chi connectivity index (χ4n) is 1.18. The number of rotatable bonds is 4. The number of halogens is 2. The number of hydrogen-bond donors (Lipinski definition) is 1. The Morgan fingerprint density at radius 1 is 1.50 bits per heavy atom. The van der Waals surface area contributed by atoms with Crippen LogP contribution in [0.4, 0.5) is 0 Å². The molecule has 3 nitrogen and oxygen atoms in total. The van der Waals surface area contributed by atoms with E-state index in [1.807, 2.05) is 0 Å². The van der Waals surface area contributed by atoms with Gasteiger partial charge in [-0.1, -0.05) is 41.4 Å². The number of carbonyl (C=O) groups is 1. The minimum absolute atomic E-state index is 0.128. The van der Waals surface area contributed by atoms with E-state index in [1.165, 1.54) is 0 Å². The highest BCUT2D eigenvalue weighted by Gasteiger charge is 2.24. The standard InChI is InChI=1S/C11H12BrClO3/c1-6(2)10(11(14)15)16-9-4-3-7(12)5-8(9)13/h3-6,10H,1-2H3,(H,14,15). The summed E-state index contributed by atoms with van der Waals surface area (Å²) in [4.78, 5) is 10.9. The zero-order valence-corrected chi connectivity index (χ0v) is 11.2. The molecule has 0 aliphatic rings. The predicted molar refractivity (Wildman–Crippen MR) is 66.0 cm³/mol. The number of carboxylic acid groups (broad SMARTS) is 1. The maximum atomic E-state index is 10.9. The van der Waals surface area contributed by atoms with Crippen LogP contribution in [0.15, 0.2) is 22.7 Å². The molecule has 1 aromatic carbocycles. The smallest absolute Gasteiger partial charge is 0.345 e. The van der Waals surface area contributed by atoms with Crippen LogP contribution in [0.3, 0.4) is 0 Å². The first kappa shape index (κ1) is 13.3. The molecular weight excluding hydrogens is 295 g/mol. The zero-order chi connectivity index (χ0) is 12.3. The van der Waals surface area contributed by atoms with Gasteiger partial charge in [0.2, 0.25) is 0 Å². The van der Waals surface area contributed by atoms with Gasteiger partial charge in [-0.25, -0.2) is 4.79 Å². The van der Waals surface area contributed by atoms with Crippen LogP contribution in [0.25, 0.3) is 0 Å². The van der Waals surface area contributed by atoms with Crippen molar-refractivity contribution in [3.63, 3.8) is 0 Å². The Kier molecular flexibility index (Phi) is 4.62. The third-order valence-electron chi connectivity index (χ3n) is 2.00. The summed E-state index contributed by atoms with van der Waals surface area (Å²) in [6.07, 6.45) is -0.890. The summed E-state index contributed by atoms with van der Waals surface area (Å²) in [5, 5.41) is 9.36. The van der Waals surface area contributed by atoms with Gasteiger partial charge >= 0.3 is 5.97 Å². The maximum absolute atomic E-state index is 10.9. The predicted octanol–water partition coefficient (Wildman–Crippen LogP) is 3.59. The van der Waals surface area contributed by atoms with Crippen molar-refractivity contribution in [2.45, 2.75) is 20.0 Å². The monoisotopic (exact) mass is 306 g/mol. The number of carboxylic acids is 1. The van der Waals surface area contributed by atoms with E-state index in [0.29, 0.717) is 10.8 Å². The molecule has 88 valence electrons. The van der Waals surface area contributed by atoms with Gasteiger partial charge in [-0.3, -0.25) is 0 Å². The SMILES string of the molecule is CC(C)C(Oc1ccc(Br)cc1Cl)C(=O)O. The van der Waals surface area contributed by atoms with Crippen molar-refractivity contribution in [3.8, 4) is 5.75 Å². The molecule has 1 N–H and O–H groups in total. The molecule has 0 aliphatic carbocycles. The summed E-state index contributed by atoms with van der Waals surface area (Å²) in [5.41, 5.74) is 0. The summed E-state index contributed by atoms with van der Waals surface area (Å²) in [6, 6.07) is 5.06. The van der Waals surface area contributed by atoms with Crippen molar-refractivity contribution < 1.29 is 14.6 Å². The Morgan fingerprint density at radius 2 is 2.12 bits per heavy atom. The highest BCUT2D eigenvalue weighted by molar-refractivity contribution is 9.10. The van der Waals surface area contributed by atoms with Gasteiger partial charge in [0.25, 0.3) is 0 Å². The van der Waals surface area contributed by atoms with E-state index in [2.05, 4.69) is 15.9 Å². The van der Waals surface area contributed by atoms with E-state index in [9.17, 15) is 4.79 Å². The molecule has 1 atom stereocenters. The molecule has 0 spiro atoms. The second kappa shape index (κ2) is 5.55. The lowest BCUT2D eigenvalue weighted by molar-refractivity contribution is -0.147. The lowest BCUT2D eigenvalue weighted by atomic mass is 10.1. The molecule has 0 fully saturated rings. The van der Waals surface area contributed by atoms with E-state index in [1.54, 1.807) is 32.0 Å². The minimum Gasteiger partial charge on any atom is -0.478 e. The third-order valence-corrected chi connectivity index (χ3v) is 2.79. The summed E-state index contributed by atoms with van der Waals surface area (Å²) >= 11 is 9.20. The van der Waals surface area contributed by atoms with Gasteiger partial charge in [-0.05, 0) is 18.2 Å². The average molecular weight is 308 g/mol.